The lowest BCUT2D eigenvalue weighted by Crippen LogP contribution is -2.28. The van der Waals surface area contributed by atoms with Crippen LogP contribution in [0.4, 0.5) is 15.8 Å². The van der Waals surface area contributed by atoms with E-state index in [0.29, 0.717) is 34.0 Å². The molecule has 0 aliphatic carbocycles. The first-order valence-electron chi connectivity index (χ1n) is 9.25. The van der Waals surface area contributed by atoms with Gasteiger partial charge in [-0.3, -0.25) is 4.79 Å². The molecule has 0 radical (unpaired) electrons. The van der Waals surface area contributed by atoms with Gasteiger partial charge in [-0.15, -0.1) is 0 Å². The summed E-state index contributed by atoms with van der Waals surface area (Å²) in [4.78, 5) is 12.6. The molecule has 6 heteroatoms. The summed E-state index contributed by atoms with van der Waals surface area (Å²) in [5.41, 5.74) is 4.98. The lowest BCUT2D eigenvalue weighted by atomic mass is 10.1. The molecule has 152 valence electrons. The van der Waals surface area contributed by atoms with Crippen LogP contribution in [0.15, 0.2) is 60.3 Å². The first-order chi connectivity index (χ1) is 13.7. The van der Waals surface area contributed by atoms with Crippen molar-refractivity contribution in [3.8, 4) is 0 Å². The Morgan fingerprint density at radius 1 is 1.14 bits per heavy atom. The molecule has 4 nitrogen and oxygen atoms in total. The van der Waals surface area contributed by atoms with Crippen LogP contribution in [0.25, 0.3) is 0 Å². The third kappa shape index (κ3) is 6.54. The topological polar surface area (TPSA) is 53.2 Å². The minimum absolute atomic E-state index is 0.330. The maximum atomic E-state index is 13.7. The van der Waals surface area contributed by atoms with Gasteiger partial charge >= 0.3 is 0 Å². The second-order valence-corrected chi connectivity index (χ2v) is 7.35. The molecule has 0 fully saturated rings. The van der Waals surface area contributed by atoms with Gasteiger partial charge in [-0.05, 0) is 75.3 Å². The Labute approximate surface area is 176 Å². The molecule has 2 aromatic carbocycles. The summed E-state index contributed by atoms with van der Waals surface area (Å²) in [6, 6.07) is 9.85. The number of benzene rings is 2. The van der Waals surface area contributed by atoms with Crippen LogP contribution in [0, 0.1) is 19.7 Å². The van der Waals surface area contributed by atoms with Crippen molar-refractivity contribution < 1.29 is 9.18 Å². The van der Waals surface area contributed by atoms with Crippen LogP contribution in [0.3, 0.4) is 0 Å². The molecule has 0 bridgehead atoms. The molecule has 0 saturated carbocycles. The van der Waals surface area contributed by atoms with Crippen LogP contribution in [-0.4, -0.2) is 11.0 Å². The summed E-state index contributed by atoms with van der Waals surface area (Å²) in [7, 11) is 0. The van der Waals surface area contributed by atoms with E-state index in [-0.39, 0.29) is 11.7 Å². The Morgan fingerprint density at radius 3 is 2.48 bits per heavy atom. The smallest absolute Gasteiger partial charge is 0.255 e. The number of carbonyl (C=O) groups is 1. The molecule has 3 N–H and O–H groups in total. The van der Waals surface area contributed by atoms with Crippen LogP contribution in [0.2, 0.25) is 0 Å². The molecule has 0 unspecified atom stereocenters. The Morgan fingerprint density at radius 2 is 1.83 bits per heavy atom. The molecule has 0 aromatic heterocycles. The summed E-state index contributed by atoms with van der Waals surface area (Å²) >= 11 is 5.36. The summed E-state index contributed by atoms with van der Waals surface area (Å²) in [5.74, 6) is -0.692. The van der Waals surface area contributed by atoms with Crippen molar-refractivity contribution in [1.29, 1.82) is 0 Å². The Balaban J connectivity index is 2.08. The number of amides is 1. The molecule has 2 aromatic rings. The normalized spacial score (nSPS) is 11.0. The maximum Gasteiger partial charge on any atom is 0.255 e. The molecule has 0 heterocycles. The fourth-order valence-corrected chi connectivity index (χ4v) is 2.82. The van der Waals surface area contributed by atoms with Crippen LogP contribution in [0.1, 0.15) is 41.8 Å². The van der Waals surface area contributed by atoms with E-state index in [0.717, 1.165) is 11.3 Å². The van der Waals surface area contributed by atoms with Gasteiger partial charge < -0.3 is 16.0 Å². The van der Waals surface area contributed by atoms with Gasteiger partial charge in [-0.1, -0.05) is 30.4 Å². The minimum Gasteiger partial charge on any atom is -0.336 e. The monoisotopic (exact) mass is 411 g/mol. The molecule has 1 amide bonds. The van der Waals surface area contributed by atoms with Crippen molar-refractivity contribution >= 4 is 34.6 Å². The Bertz CT molecular complexity index is 982. The van der Waals surface area contributed by atoms with E-state index in [1.807, 2.05) is 32.9 Å². The number of thiocarbonyl (C=S) groups is 1. The largest absolute Gasteiger partial charge is 0.336 e. The second kappa shape index (κ2) is 9.98. The first kappa shape index (κ1) is 22.3. The molecule has 0 aliphatic rings. The van der Waals surface area contributed by atoms with Crippen molar-refractivity contribution in [2.75, 3.05) is 10.6 Å². The molecule has 2 rings (SSSR count). The van der Waals surface area contributed by atoms with Crippen molar-refractivity contribution in [3.05, 3.63) is 82.8 Å². The zero-order chi connectivity index (χ0) is 21.6. The average molecular weight is 412 g/mol. The van der Waals surface area contributed by atoms with Gasteiger partial charge in [-0.25, -0.2) is 4.39 Å². The van der Waals surface area contributed by atoms with E-state index in [1.165, 1.54) is 11.6 Å². The number of nitrogens with one attached hydrogen (secondary N) is 3. The number of allylic oxidation sites excluding steroid dienone is 2. The van der Waals surface area contributed by atoms with E-state index in [1.54, 1.807) is 31.2 Å². The van der Waals surface area contributed by atoms with Gasteiger partial charge in [0.15, 0.2) is 5.11 Å². The zero-order valence-corrected chi connectivity index (χ0v) is 18.0. The number of aryl methyl sites for hydroxylation is 2. The third-order valence-electron chi connectivity index (χ3n) is 4.45. The molecular formula is C23H26FN3OS. The summed E-state index contributed by atoms with van der Waals surface area (Å²) in [6.07, 6.45) is 2.72. The SMILES string of the molecule is C=C(C/C(C)=C/C)NC(=S)Nc1cc(C(=O)Nc2ccc(C)c(F)c2)ccc1C. The maximum absolute atomic E-state index is 13.7. The molecular weight excluding hydrogens is 385 g/mol. The molecule has 29 heavy (non-hydrogen) atoms. The summed E-state index contributed by atoms with van der Waals surface area (Å²) < 4.78 is 13.7. The van der Waals surface area contributed by atoms with Crippen LogP contribution in [-0.2, 0) is 0 Å². The quantitative estimate of drug-likeness (QED) is 0.412. The van der Waals surface area contributed by atoms with E-state index in [9.17, 15) is 9.18 Å². The highest BCUT2D eigenvalue weighted by molar-refractivity contribution is 7.80. The van der Waals surface area contributed by atoms with Crippen molar-refractivity contribution in [1.82, 2.24) is 5.32 Å². The number of carbonyl (C=O) groups excluding carboxylic acids is 1. The molecule has 0 spiro atoms. The second-order valence-electron chi connectivity index (χ2n) is 6.94. The summed E-state index contributed by atoms with van der Waals surface area (Å²) in [5, 5.41) is 9.29. The molecule has 0 atom stereocenters. The van der Waals surface area contributed by atoms with Gasteiger partial charge in [0.05, 0.1) is 0 Å². The number of halogens is 1. The third-order valence-corrected chi connectivity index (χ3v) is 4.66. The van der Waals surface area contributed by atoms with Crippen LogP contribution >= 0.6 is 12.2 Å². The van der Waals surface area contributed by atoms with Crippen molar-refractivity contribution in [2.24, 2.45) is 0 Å². The summed E-state index contributed by atoms with van der Waals surface area (Å²) in [6.45, 7) is 11.6. The highest BCUT2D eigenvalue weighted by Gasteiger charge is 2.11. The fraction of sp³-hybridized carbons (Fsp3) is 0.217. The highest BCUT2D eigenvalue weighted by atomic mass is 32.1. The van der Waals surface area contributed by atoms with E-state index >= 15 is 0 Å². The van der Waals surface area contributed by atoms with Crippen LogP contribution < -0.4 is 16.0 Å². The molecule has 0 saturated heterocycles. The van der Waals surface area contributed by atoms with Crippen molar-refractivity contribution in [2.45, 2.75) is 34.1 Å². The number of rotatable bonds is 6. The number of hydrogen-bond donors (Lipinski definition) is 3. The van der Waals surface area contributed by atoms with Gasteiger partial charge in [0.25, 0.3) is 5.91 Å². The highest BCUT2D eigenvalue weighted by Crippen LogP contribution is 2.19. The fourth-order valence-electron chi connectivity index (χ4n) is 2.57. The number of hydrogen-bond acceptors (Lipinski definition) is 2. The Hall–Kier alpha value is -2.99. The van der Waals surface area contributed by atoms with Gasteiger partial charge in [0.1, 0.15) is 5.82 Å². The lowest BCUT2D eigenvalue weighted by Gasteiger charge is -2.15. The standard InChI is InChI=1S/C23H26FN3OS/c1-6-14(2)11-17(5)25-23(29)27-21-12-18(9-7-16(21)4)22(28)26-19-10-8-15(3)20(24)13-19/h6-10,12-13H,5,11H2,1-4H3,(H,26,28)(H2,25,27,29)/b14-6+. The number of anilines is 2. The predicted octanol–water partition coefficient (Wildman–Crippen LogP) is 5.85. The first-order valence-corrected chi connectivity index (χ1v) is 9.66. The van der Waals surface area contributed by atoms with Crippen molar-refractivity contribution in [3.63, 3.8) is 0 Å². The zero-order valence-electron chi connectivity index (χ0n) is 17.2. The Kier molecular flexibility index (Phi) is 7.67. The van der Waals surface area contributed by atoms with Gasteiger partial charge in [-0.2, -0.15) is 0 Å². The van der Waals surface area contributed by atoms with E-state index in [4.69, 9.17) is 12.2 Å². The average Bonchev–Trinajstić information content (AvgIpc) is 2.66. The van der Waals surface area contributed by atoms with Gasteiger partial charge in [0, 0.05) is 29.1 Å². The minimum atomic E-state index is -0.362. The van der Waals surface area contributed by atoms with E-state index < -0.39 is 0 Å². The van der Waals surface area contributed by atoms with Crippen LogP contribution in [0.5, 0.6) is 0 Å². The van der Waals surface area contributed by atoms with E-state index in [2.05, 4.69) is 22.5 Å². The molecule has 0 aliphatic heterocycles. The predicted molar refractivity (Wildman–Crippen MR) is 123 cm³/mol. The lowest BCUT2D eigenvalue weighted by molar-refractivity contribution is 0.102. The van der Waals surface area contributed by atoms with Gasteiger partial charge in [0.2, 0.25) is 0 Å².